The molecule has 1 rings (SSSR count). The van der Waals surface area contributed by atoms with Gasteiger partial charge in [0, 0.05) is 6.42 Å². The lowest BCUT2D eigenvalue weighted by Crippen LogP contribution is -2.61. The number of nitrogens with one attached hydrogen (secondary N) is 1. The van der Waals surface area contributed by atoms with Gasteiger partial charge >= 0.3 is 5.97 Å². The standard InChI is InChI=1S/C70H119NO10/c1-4-7-10-13-16-19-22-24-26-28-30-32-34-36-38-40-43-46-49-52-55-58-65(75)81-68-67(77)66(76)64(59-72)80-70(68)79-60-61(62(73)56-53-50-47-44-41-21-18-15-12-9-6-3)71-69(78)63(74)57-54-51-48-45-42-39-37-35-33-31-29-27-25-23-20-17-14-11-8-5-2/h8,11,16-17,19-20,24-27,31,33,37,39,45,48,53,56,61-64,66-68,70,72-74,76-77H,4-7,9-10,12-15,18,21-23,28-30,32,34-36,38,40-44,46-47,49-52,54-55,57-60H2,1-3H3,(H,71,78)/b11-8-,19-16-,20-17-,26-24-,27-25-,33-31-,39-37-,48-45-,56-53+. The zero-order valence-corrected chi connectivity index (χ0v) is 51.4. The van der Waals surface area contributed by atoms with Crippen molar-refractivity contribution in [1.82, 2.24) is 5.32 Å². The van der Waals surface area contributed by atoms with E-state index in [-0.39, 0.29) is 19.4 Å². The minimum absolute atomic E-state index is 0.111. The van der Waals surface area contributed by atoms with Gasteiger partial charge in [-0.15, -0.1) is 0 Å². The zero-order chi connectivity index (χ0) is 58.9. The van der Waals surface area contributed by atoms with E-state index in [0.717, 1.165) is 96.3 Å². The Morgan fingerprint density at radius 1 is 0.494 bits per heavy atom. The van der Waals surface area contributed by atoms with E-state index in [1.54, 1.807) is 6.08 Å². The van der Waals surface area contributed by atoms with Crippen LogP contribution in [0, 0.1) is 0 Å². The lowest BCUT2D eigenvalue weighted by Gasteiger charge is -2.41. The van der Waals surface area contributed by atoms with Crippen LogP contribution in [0.25, 0.3) is 0 Å². The molecule has 1 aliphatic rings. The maximum Gasteiger partial charge on any atom is 0.306 e. The Kier molecular flexibility index (Phi) is 52.8. The van der Waals surface area contributed by atoms with E-state index in [9.17, 15) is 35.1 Å². The molecule has 11 nitrogen and oxygen atoms in total. The molecule has 1 heterocycles. The van der Waals surface area contributed by atoms with Gasteiger partial charge in [0.2, 0.25) is 5.91 Å². The molecule has 0 spiro atoms. The molecule has 81 heavy (non-hydrogen) atoms. The van der Waals surface area contributed by atoms with E-state index in [0.29, 0.717) is 19.3 Å². The van der Waals surface area contributed by atoms with Crippen LogP contribution in [0.1, 0.15) is 258 Å². The molecule has 11 heteroatoms. The molecule has 0 saturated carbocycles. The van der Waals surface area contributed by atoms with Crippen molar-refractivity contribution in [3.63, 3.8) is 0 Å². The highest BCUT2D eigenvalue weighted by Gasteiger charge is 2.47. The Morgan fingerprint density at radius 3 is 1.36 bits per heavy atom. The number of hydrogen-bond acceptors (Lipinski definition) is 10. The van der Waals surface area contributed by atoms with Crippen molar-refractivity contribution in [2.75, 3.05) is 13.2 Å². The number of ether oxygens (including phenoxy) is 3. The molecule has 1 fully saturated rings. The largest absolute Gasteiger partial charge is 0.454 e. The summed E-state index contributed by atoms with van der Waals surface area (Å²) in [5.41, 5.74) is 0. The Hall–Kier alpha value is -3.68. The van der Waals surface area contributed by atoms with Gasteiger partial charge in [-0.05, 0) is 109 Å². The second-order valence-electron chi connectivity index (χ2n) is 22.1. The van der Waals surface area contributed by atoms with Gasteiger partial charge in [0.25, 0.3) is 0 Å². The van der Waals surface area contributed by atoms with E-state index in [1.165, 1.54) is 109 Å². The molecule has 1 amide bonds. The first-order chi connectivity index (χ1) is 39.7. The molecule has 0 aliphatic carbocycles. The SMILES string of the molecule is CC/C=C\C/C=C\C/C=C\C/C=C\C/C=C\C/C=C\CCCC(O)C(=O)NC(COC1OC(CO)C(O)C(O)C1OC(=O)CCCCCCCCCCCCC/C=C\C/C=C\CCCCC)C(O)/C=C/CCCCCCCCCCC. The number of esters is 1. The summed E-state index contributed by atoms with van der Waals surface area (Å²) in [5, 5.41) is 57.0. The van der Waals surface area contributed by atoms with Crippen LogP contribution in [0.5, 0.6) is 0 Å². The fourth-order valence-corrected chi connectivity index (χ4v) is 9.51. The summed E-state index contributed by atoms with van der Waals surface area (Å²) in [7, 11) is 0. The van der Waals surface area contributed by atoms with Crippen molar-refractivity contribution in [3.05, 3.63) is 109 Å². The van der Waals surface area contributed by atoms with Crippen molar-refractivity contribution in [2.45, 2.75) is 307 Å². The fourth-order valence-electron chi connectivity index (χ4n) is 9.51. The summed E-state index contributed by atoms with van der Waals surface area (Å²) in [5.74, 6) is -1.25. The lowest BCUT2D eigenvalue weighted by molar-refractivity contribution is -0.305. The Bertz CT molecular complexity index is 1730. The number of amides is 1. The molecule has 8 unspecified atom stereocenters. The summed E-state index contributed by atoms with van der Waals surface area (Å²) < 4.78 is 17.6. The predicted molar refractivity (Wildman–Crippen MR) is 338 cm³/mol. The van der Waals surface area contributed by atoms with Crippen LogP contribution >= 0.6 is 0 Å². The Morgan fingerprint density at radius 2 is 0.889 bits per heavy atom. The molecule has 8 atom stereocenters. The van der Waals surface area contributed by atoms with Crippen molar-refractivity contribution in [2.24, 2.45) is 0 Å². The van der Waals surface area contributed by atoms with Gasteiger partial charge in [0.1, 0.15) is 24.4 Å². The van der Waals surface area contributed by atoms with E-state index >= 15 is 0 Å². The fraction of sp³-hybridized carbons (Fsp3) is 0.714. The summed E-state index contributed by atoms with van der Waals surface area (Å²) in [6, 6.07) is -1.05. The van der Waals surface area contributed by atoms with Gasteiger partial charge < -0.3 is 45.1 Å². The molecule has 464 valence electrons. The maximum atomic E-state index is 13.4. The smallest absolute Gasteiger partial charge is 0.306 e. The quantitative estimate of drug-likeness (QED) is 0.0195. The minimum atomic E-state index is -1.63. The first kappa shape index (κ1) is 75.3. The summed E-state index contributed by atoms with van der Waals surface area (Å²) in [4.78, 5) is 26.6. The van der Waals surface area contributed by atoms with Gasteiger partial charge in [-0.3, -0.25) is 9.59 Å². The molecule has 0 bridgehead atoms. The third kappa shape index (κ3) is 44.5. The number of carbonyl (C=O) groups excluding carboxylic acids is 2. The van der Waals surface area contributed by atoms with Gasteiger partial charge in [-0.2, -0.15) is 0 Å². The van der Waals surface area contributed by atoms with Crippen LogP contribution in [0.15, 0.2) is 109 Å². The summed E-state index contributed by atoms with van der Waals surface area (Å²) >= 11 is 0. The maximum absolute atomic E-state index is 13.4. The predicted octanol–water partition coefficient (Wildman–Crippen LogP) is 16.1. The second kappa shape index (κ2) is 56.8. The second-order valence-corrected chi connectivity index (χ2v) is 22.1. The van der Waals surface area contributed by atoms with Gasteiger partial charge in [0.15, 0.2) is 12.4 Å². The van der Waals surface area contributed by atoms with E-state index in [1.807, 2.05) is 12.2 Å². The van der Waals surface area contributed by atoms with Crippen molar-refractivity contribution in [1.29, 1.82) is 0 Å². The highest BCUT2D eigenvalue weighted by Crippen LogP contribution is 2.26. The van der Waals surface area contributed by atoms with Crippen molar-refractivity contribution >= 4 is 11.9 Å². The number of aliphatic hydroxyl groups is 5. The third-order valence-corrected chi connectivity index (χ3v) is 14.7. The van der Waals surface area contributed by atoms with Gasteiger partial charge in [-0.25, -0.2) is 0 Å². The van der Waals surface area contributed by atoms with Crippen molar-refractivity contribution < 1.29 is 49.3 Å². The third-order valence-electron chi connectivity index (χ3n) is 14.7. The van der Waals surface area contributed by atoms with Crippen molar-refractivity contribution in [3.8, 4) is 0 Å². The number of unbranched alkanes of at least 4 members (excludes halogenated alkanes) is 24. The number of aliphatic hydroxyl groups excluding tert-OH is 5. The molecular weight excluding hydrogens is 1010 g/mol. The van der Waals surface area contributed by atoms with Crippen LogP contribution in [-0.2, 0) is 23.8 Å². The first-order valence-corrected chi connectivity index (χ1v) is 32.7. The topological polar surface area (TPSA) is 175 Å². The van der Waals surface area contributed by atoms with Crippen LogP contribution < -0.4 is 5.32 Å². The Labute approximate surface area is 494 Å². The van der Waals surface area contributed by atoms with Crippen LogP contribution in [0.4, 0.5) is 0 Å². The molecule has 0 aromatic rings. The summed E-state index contributed by atoms with van der Waals surface area (Å²) in [6.07, 6.45) is 67.0. The monoisotopic (exact) mass is 1130 g/mol. The molecule has 0 aromatic heterocycles. The molecule has 6 N–H and O–H groups in total. The number of carbonyl (C=O) groups is 2. The zero-order valence-electron chi connectivity index (χ0n) is 51.4. The first-order valence-electron chi connectivity index (χ1n) is 32.7. The molecule has 1 saturated heterocycles. The molecule has 1 aliphatic heterocycles. The highest BCUT2D eigenvalue weighted by atomic mass is 16.7. The number of rotatable bonds is 54. The number of hydrogen-bond donors (Lipinski definition) is 6. The van der Waals surface area contributed by atoms with E-state index in [2.05, 4.69) is 117 Å². The average Bonchev–Trinajstić information content (AvgIpc) is 3.51. The van der Waals surface area contributed by atoms with Gasteiger partial charge in [0.05, 0.1) is 25.4 Å². The average molecular weight is 1130 g/mol. The highest BCUT2D eigenvalue weighted by molar-refractivity contribution is 5.80. The Balaban J connectivity index is 2.66. The minimum Gasteiger partial charge on any atom is -0.454 e. The number of allylic oxidation sites excluding steroid dienone is 17. The summed E-state index contributed by atoms with van der Waals surface area (Å²) in [6.45, 7) is 5.62. The van der Waals surface area contributed by atoms with Gasteiger partial charge in [-0.1, -0.05) is 252 Å². The normalized spacial score (nSPS) is 19.4. The van der Waals surface area contributed by atoms with E-state index < -0.39 is 67.4 Å². The van der Waals surface area contributed by atoms with E-state index in [4.69, 9.17) is 14.2 Å². The lowest BCUT2D eigenvalue weighted by atomic mass is 9.99. The van der Waals surface area contributed by atoms with Crippen LogP contribution in [0.2, 0.25) is 0 Å². The van der Waals surface area contributed by atoms with Crippen LogP contribution in [0.3, 0.4) is 0 Å². The van der Waals surface area contributed by atoms with Crippen LogP contribution in [-0.4, -0.2) is 99.6 Å². The molecule has 0 radical (unpaired) electrons. The molecule has 0 aromatic carbocycles. The molecular formula is C70H119NO10.